The second-order valence-electron chi connectivity index (χ2n) is 22.1. The Hall–Kier alpha value is 0. The van der Waals surface area contributed by atoms with Gasteiger partial charge >= 0.3 is 0 Å². The van der Waals surface area contributed by atoms with Crippen molar-refractivity contribution < 1.29 is 0 Å². The van der Waals surface area contributed by atoms with E-state index in [2.05, 4.69) is 138 Å². The maximum absolute atomic E-state index is 2.93. The first-order valence-corrected chi connectivity index (χ1v) is 24.7. The highest BCUT2D eigenvalue weighted by Gasteiger charge is 2.72. The van der Waals surface area contributed by atoms with Gasteiger partial charge in [0.1, 0.15) is 0 Å². The smallest absolute Gasteiger partial charge is 0.0123 e. The normalized spacial score (nSPS) is 22.0. The second kappa shape index (κ2) is 24.0. The molecule has 0 rings (SSSR count). The molecule has 0 fully saturated rings. The van der Waals surface area contributed by atoms with Gasteiger partial charge in [-0.25, -0.2) is 0 Å². The van der Waals surface area contributed by atoms with Crippen LogP contribution in [0.5, 0.6) is 0 Å². The molecule has 0 N–H and O–H groups in total. The van der Waals surface area contributed by atoms with Crippen LogP contribution in [0.25, 0.3) is 0 Å². The lowest BCUT2D eigenvalue weighted by Crippen LogP contribution is -2.70. The van der Waals surface area contributed by atoms with E-state index in [-0.39, 0.29) is 27.1 Å². The fourth-order valence-electron chi connectivity index (χ4n) is 14.9. The summed E-state index contributed by atoms with van der Waals surface area (Å²) < 4.78 is 0. The summed E-state index contributed by atoms with van der Waals surface area (Å²) in [6.07, 6.45) is 28.3. The van der Waals surface area contributed by atoms with E-state index in [0.29, 0.717) is 23.2 Å². The van der Waals surface area contributed by atoms with Gasteiger partial charge in [-0.1, -0.05) is 228 Å². The number of unbranched alkanes of at least 4 members (excludes halogenated alkanes) is 1. The Morgan fingerprint density at radius 2 is 0.943 bits per heavy atom. The quantitative estimate of drug-likeness (QED) is 0.0663. The molecule has 0 heterocycles. The largest absolute Gasteiger partial charge is 0.0654 e. The minimum atomic E-state index is 0.181. The van der Waals surface area contributed by atoms with E-state index in [9.17, 15) is 0 Å². The summed E-state index contributed by atoms with van der Waals surface area (Å²) in [5.74, 6) is 4.28. The molecule has 0 aromatic heterocycles. The maximum atomic E-state index is 2.93. The van der Waals surface area contributed by atoms with E-state index < -0.39 is 0 Å². The first-order valence-electron chi connectivity index (χ1n) is 24.7. The molecule has 11 unspecified atom stereocenters. The van der Waals surface area contributed by atoms with Gasteiger partial charge in [-0.15, -0.1) is 0 Å². The Bertz CT molecular complexity index is 925. The number of rotatable bonds is 31. The summed E-state index contributed by atoms with van der Waals surface area (Å²) in [6.45, 7) is 53.0. The van der Waals surface area contributed by atoms with Crippen molar-refractivity contribution in [3.8, 4) is 0 Å². The molecular formula is C53H108. The molecule has 0 bridgehead atoms. The van der Waals surface area contributed by atoms with Crippen molar-refractivity contribution in [3.63, 3.8) is 0 Å². The van der Waals surface area contributed by atoms with Gasteiger partial charge in [0.2, 0.25) is 0 Å². The van der Waals surface area contributed by atoms with Crippen LogP contribution in [-0.2, 0) is 0 Å². The zero-order chi connectivity index (χ0) is 41.3. The highest BCUT2D eigenvalue weighted by atomic mass is 14.8. The van der Waals surface area contributed by atoms with Crippen molar-refractivity contribution in [3.05, 3.63) is 0 Å². The van der Waals surface area contributed by atoms with Crippen LogP contribution in [0, 0.1) is 68.0 Å². The maximum Gasteiger partial charge on any atom is -0.0123 e. The zero-order valence-electron chi connectivity index (χ0n) is 41.3. The van der Waals surface area contributed by atoms with Gasteiger partial charge in [-0.05, 0) is 113 Å². The average molecular weight is 745 g/mol. The molecule has 53 heavy (non-hydrogen) atoms. The summed E-state index contributed by atoms with van der Waals surface area (Å²) in [7, 11) is 0. The Balaban J connectivity index is 9.58. The van der Waals surface area contributed by atoms with Crippen LogP contribution in [-0.4, -0.2) is 0 Å². The van der Waals surface area contributed by atoms with Gasteiger partial charge in [0.05, 0.1) is 0 Å². The highest BCUT2D eigenvalue weighted by Crippen LogP contribution is 2.78. The fourth-order valence-corrected chi connectivity index (χ4v) is 14.9. The van der Waals surface area contributed by atoms with Crippen LogP contribution in [0.3, 0.4) is 0 Å². The number of hydrogen-bond donors (Lipinski definition) is 0. The van der Waals surface area contributed by atoms with Gasteiger partial charge in [0, 0.05) is 0 Å². The van der Waals surface area contributed by atoms with E-state index in [1.807, 2.05) is 0 Å². The molecule has 0 aliphatic carbocycles. The highest BCUT2D eigenvalue weighted by molar-refractivity contribution is 5.20. The SMILES string of the molecule is CCCCC(CC)CC(C)(CCC)C(C)C(C(C)CCC)(C(C)(CCC)CC(C)(C)C)C(CC(C)CCC)(C(C)CCC)C(C)(CCC)CC(C)CC. The van der Waals surface area contributed by atoms with Gasteiger partial charge in [-0.2, -0.15) is 0 Å². The van der Waals surface area contributed by atoms with Gasteiger partial charge in [0.25, 0.3) is 0 Å². The average Bonchev–Trinajstić information content (AvgIpc) is 3.05. The molecule has 0 spiro atoms. The van der Waals surface area contributed by atoms with Gasteiger partial charge < -0.3 is 0 Å². The third kappa shape index (κ3) is 12.7. The Kier molecular flexibility index (Phi) is 24.0. The molecule has 0 saturated carbocycles. The Labute approximate surface area is 340 Å². The van der Waals surface area contributed by atoms with E-state index in [1.165, 1.54) is 135 Å². The van der Waals surface area contributed by atoms with E-state index in [1.54, 1.807) is 0 Å². The molecule has 0 saturated heterocycles. The Morgan fingerprint density at radius 1 is 0.434 bits per heavy atom. The molecule has 0 heteroatoms. The minimum absolute atomic E-state index is 0.181. The summed E-state index contributed by atoms with van der Waals surface area (Å²) in [5.41, 5.74) is 1.44. The zero-order valence-corrected chi connectivity index (χ0v) is 41.3. The molecule has 0 aromatic carbocycles. The van der Waals surface area contributed by atoms with E-state index in [0.717, 1.165) is 17.8 Å². The van der Waals surface area contributed by atoms with Crippen molar-refractivity contribution >= 4 is 0 Å². The first-order chi connectivity index (χ1) is 24.7. The summed E-state index contributed by atoms with van der Waals surface area (Å²) in [5, 5.41) is 0. The third-order valence-electron chi connectivity index (χ3n) is 16.2. The second-order valence-corrected chi connectivity index (χ2v) is 22.1. The van der Waals surface area contributed by atoms with Crippen LogP contribution < -0.4 is 0 Å². The lowest BCUT2D eigenvalue weighted by molar-refractivity contribution is -0.279. The van der Waals surface area contributed by atoms with Crippen LogP contribution in [0.4, 0.5) is 0 Å². The minimum Gasteiger partial charge on any atom is -0.0654 e. The monoisotopic (exact) mass is 745 g/mol. The van der Waals surface area contributed by atoms with E-state index >= 15 is 0 Å². The lowest BCUT2D eigenvalue weighted by Gasteiger charge is -2.75. The van der Waals surface area contributed by atoms with Crippen LogP contribution in [0.15, 0.2) is 0 Å². The predicted octanol–water partition coefficient (Wildman–Crippen LogP) is 19.2. The predicted molar refractivity (Wildman–Crippen MR) is 246 cm³/mol. The Morgan fingerprint density at radius 3 is 1.38 bits per heavy atom. The third-order valence-corrected chi connectivity index (χ3v) is 16.2. The van der Waals surface area contributed by atoms with Crippen molar-refractivity contribution in [1.82, 2.24) is 0 Å². The fraction of sp³-hybridized carbons (Fsp3) is 1.00. The van der Waals surface area contributed by atoms with Crippen molar-refractivity contribution in [2.75, 3.05) is 0 Å². The number of hydrogen-bond acceptors (Lipinski definition) is 0. The van der Waals surface area contributed by atoms with Crippen molar-refractivity contribution in [2.24, 2.45) is 68.0 Å². The van der Waals surface area contributed by atoms with Gasteiger partial charge in [0.15, 0.2) is 0 Å². The summed E-state index contributed by atoms with van der Waals surface area (Å²) in [4.78, 5) is 0. The van der Waals surface area contributed by atoms with Crippen LogP contribution in [0.1, 0.15) is 273 Å². The topological polar surface area (TPSA) is 0 Å². The standard InChI is InChI=1S/C53H108/c1-21-30-34-47(29-9)40-49(18,35-25-5)46(14)53(45(13)33-24-4,51(20,37-27-7)41-48(15,16)17)52(44(12)32-23-3,39-43(11)31-22-2)50(19,36-26-6)38-42(10)28-8/h42-47H,21-41H2,1-20H3. The molecule has 0 amide bonds. The van der Waals surface area contributed by atoms with Crippen molar-refractivity contribution in [2.45, 2.75) is 273 Å². The molecule has 320 valence electrons. The van der Waals surface area contributed by atoms with Crippen molar-refractivity contribution in [1.29, 1.82) is 0 Å². The molecule has 0 radical (unpaired) electrons. The van der Waals surface area contributed by atoms with E-state index in [4.69, 9.17) is 0 Å². The van der Waals surface area contributed by atoms with Crippen LogP contribution >= 0.6 is 0 Å². The summed E-state index contributed by atoms with van der Waals surface area (Å²) >= 11 is 0. The molecule has 0 nitrogen and oxygen atoms in total. The molecule has 0 aromatic rings. The molecule has 0 aliphatic heterocycles. The first kappa shape index (κ1) is 53.0. The molecule has 0 aliphatic rings. The van der Waals surface area contributed by atoms with Crippen LogP contribution in [0.2, 0.25) is 0 Å². The lowest BCUT2D eigenvalue weighted by atomic mass is 9.28. The molecule has 11 atom stereocenters. The van der Waals surface area contributed by atoms with Gasteiger partial charge in [-0.3, -0.25) is 0 Å². The molecular weight excluding hydrogens is 637 g/mol. The summed E-state index contributed by atoms with van der Waals surface area (Å²) in [6, 6.07) is 0.